The molecule has 1 aromatic heterocycles. The Labute approximate surface area is 163 Å². The van der Waals surface area contributed by atoms with Gasteiger partial charge in [-0.3, -0.25) is 4.90 Å². The Hall–Kier alpha value is -2.93. The fraction of sp³-hybridized carbons (Fsp3) is 0.381. The van der Waals surface area contributed by atoms with E-state index in [1.165, 1.54) is 5.56 Å². The lowest BCUT2D eigenvalue weighted by Crippen LogP contribution is -2.32. The molecule has 0 aliphatic carbocycles. The van der Waals surface area contributed by atoms with E-state index in [0.717, 1.165) is 55.4 Å². The first kappa shape index (κ1) is 17.2. The number of para-hydroxylation sites is 2. The molecule has 0 saturated carbocycles. The zero-order valence-corrected chi connectivity index (χ0v) is 15.6. The van der Waals surface area contributed by atoms with Gasteiger partial charge in [-0.2, -0.15) is 0 Å². The molecule has 1 saturated heterocycles. The quantitative estimate of drug-likeness (QED) is 0.753. The van der Waals surface area contributed by atoms with Crippen LogP contribution < -0.4 is 9.47 Å². The van der Waals surface area contributed by atoms with Crippen LogP contribution in [0.25, 0.3) is 0 Å². The Morgan fingerprint density at radius 3 is 2.54 bits per heavy atom. The second-order valence-corrected chi connectivity index (χ2v) is 7.44. The molecule has 0 radical (unpaired) electrons. The summed E-state index contributed by atoms with van der Waals surface area (Å²) in [6.45, 7) is 3.62. The van der Waals surface area contributed by atoms with Crippen molar-refractivity contribution in [2.24, 2.45) is 0 Å². The first-order chi connectivity index (χ1) is 13.8. The SMILES string of the molecule is c1ccc2c(c1)OCC(c1ccc(CN3CCC(c4nnn[nH]4)CC3)cc1)O2. The molecule has 3 heterocycles. The number of piperidine rings is 1. The van der Waals surface area contributed by atoms with E-state index in [4.69, 9.17) is 9.47 Å². The van der Waals surface area contributed by atoms with Crippen LogP contribution in [0.4, 0.5) is 0 Å². The first-order valence-electron chi connectivity index (χ1n) is 9.78. The fourth-order valence-electron chi connectivity index (χ4n) is 3.98. The minimum absolute atomic E-state index is 0.0600. The van der Waals surface area contributed by atoms with Crippen LogP contribution in [0.1, 0.15) is 41.8 Å². The Balaban J connectivity index is 1.17. The lowest BCUT2D eigenvalue weighted by atomic mass is 9.96. The van der Waals surface area contributed by atoms with Gasteiger partial charge in [-0.05, 0) is 59.6 Å². The highest BCUT2D eigenvalue weighted by atomic mass is 16.6. The smallest absolute Gasteiger partial charge is 0.162 e. The first-order valence-corrected chi connectivity index (χ1v) is 9.78. The molecule has 2 aliphatic heterocycles. The van der Waals surface area contributed by atoms with Crippen molar-refractivity contribution in [3.8, 4) is 11.5 Å². The zero-order chi connectivity index (χ0) is 18.8. The summed E-state index contributed by atoms with van der Waals surface area (Å²) in [7, 11) is 0. The minimum Gasteiger partial charge on any atom is -0.485 e. The highest BCUT2D eigenvalue weighted by Gasteiger charge is 2.24. The van der Waals surface area contributed by atoms with Crippen LogP contribution in [-0.2, 0) is 6.54 Å². The molecule has 1 fully saturated rings. The van der Waals surface area contributed by atoms with E-state index in [0.29, 0.717) is 12.5 Å². The van der Waals surface area contributed by atoms with E-state index in [9.17, 15) is 0 Å². The number of aromatic nitrogens is 4. The van der Waals surface area contributed by atoms with Crippen LogP contribution in [0, 0.1) is 0 Å². The number of likely N-dealkylation sites (tertiary alicyclic amines) is 1. The zero-order valence-electron chi connectivity index (χ0n) is 15.6. The predicted molar refractivity (Wildman–Crippen MR) is 103 cm³/mol. The van der Waals surface area contributed by atoms with Gasteiger partial charge in [-0.1, -0.05) is 36.4 Å². The van der Waals surface area contributed by atoms with Gasteiger partial charge in [0.25, 0.3) is 0 Å². The highest BCUT2D eigenvalue weighted by Crippen LogP contribution is 2.36. The van der Waals surface area contributed by atoms with E-state index in [1.54, 1.807) is 0 Å². The third-order valence-electron chi connectivity index (χ3n) is 5.60. The largest absolute Gasteiger partial charge is 0.485 e. The van der Waals surface area contributed by atoms with Crippen LogP contribution in [0.2, 0.25) is 0 Å². The van der Waals surface area contributed by atoms with Gasteiger partial charge in [0.15, 0.2) is 23.4 Å². The molecule has 0 spiro atoms. The lowest BCUT2D eigenvalue weighted by molar-refractivity contribution is 0.0912. The predicted octanol–water partition coefficient (Wildman–Crippen LogP) is 3.09. The molecule has 7 heteroatoms. The number of benzene rings is 2. The van der Waals surface area contributed by atoms with Crippen molar-refractivity contribution in [3.05, 3.63) is 65.5 Å². The van der Waals surface area contributed by atoms with Crippen molar-refractivity contribution >= 4 is 0 Å². The van der Waals surface area contributed by atoms with Gasteiger partial charge in [0.1, 0.15) is 6.61 Å². The molecule has 0 amide bonds. The lowest BCUT2D eigenvalue weighted by Gasteiger charge is -2.31. The molecular weight excluding hydrogens is 354 g/mol. The Morgan fingerprint density at radius 2 is 1.79 bits per heavy atom. The van der Waals surface area contributed by atoms with E-state index >= 15 is 0 Å². The molecule has 28 heavy (non-hydrogen) atoms. The summed E-state index contributed by atoms with van der Waals surface area (Å²) in [6, 6.07) is 16.5. The third kappa shape index (κ3) is 3.57. The average Bonchev–Trinajstić information content (AvgIpc) is 3.29. The number of nitrogens with zero attached hydrogens (tertiary/aromatic N) is 4. The number of H-pyrrole nitrogens is 1. The normalized spacial score (nSPS) is 20.2. The Bertz CT molecular complexity index is 905. The summed E-state index contributed by atoms with van der Waals surface area (Å²) in [6.07, 6.45) is 2.11. The van der Waals surface area contributed by atoms with Gasteiger partial charge >= 0.3 is 0 Å². The van der Waals surface area contributed by atoms with Crippen molar-refractivity contribution in [1.29, 1.82) is 0 Å². The number of tetrazole rings is 1. The summed E-state index contributed by atoms with van der Waals surface area (Å²) in [5.74, 6) is 2.99. The van der Waals surface area contributed by atoms with Gasteiger partial charge in [-0.25, -0.2) is 5.10 Å². The van der Waals surface area contributed by atoms with Gasteiger partial charge in [-0.15, -0.1) is 5.10 Å². The van der Waals surface area contributed by atoms with Crippen molar-refractivity contribution in [2.45, 2.75) is 31.4 Å². The van der Waals surface area contributed by atoms with Crippen LogP contribution in [0.5, 0.6) is 11.5 Å². The summed E-state index contributed by atoms with van der Waals surface area (Å²) < 4.78 is 11.9. The number of aromatic amines is 1. The fourth-order valence-corrected chi connectivity index (χ4v) is 3.98. The third-order valence-corrected chi connectivity index (χ3v) is 5.60. The maximum Gasteiger partial charge on any atom is 0.162 e. The molecule has 1 unspecified atom stereocenters. The van der Waals surface area contributed by atoms with Gasteiger partial charge in [0, 0.05) is 12.5 Å². The Kier molecular flexibility index (Phi) is 4.66. The topological polar surface area (TPSA) is 76.2 Å². The van der Waals surface area contributed by atoms with Gasteiger partial charge in [0.2, 0.25) is 0 Å². The molecule has 0 bridgehead atoms. The molecule has 1 N–H and O–H groups in total. The average molecular weight is 377 g/mol. The highest BCUT2D eigenvalue weighted by molar-refractivity contribution is 5.41. The standard InChI is InChI=1S/C21H23N5O2/c1-2-4-19-18(3-1)27-14-20(28-19)16-7-5-15(6-8-16)13-26-11-9-17(10-12-26)21-22-24-25-23-21/h1-8,17,20H,9-14H2,(H,22,23,24,25). The van der Waals surface area contributed by atoms with Crippen LogP contribution in [0.15, 0.2) is 48.5 Å². The number of ether oxygens (including phenoxy) is 2. The molecular formula is C21H23N5O2. The second kappa shape index (κ2) is 7.59. The summed E-state index contributed by atoms with van der Waals surface area (Å²) >= 11 is 0. The van der Waals surface area contributed by atoms with Crippen LogP contribution in [0.3, 0.4) is 0 Å². The number of hydrogen-bond donors (Lipinski definition) is 1. The van der Waals surface area contributed by atoms with E-state index < -0.39 is 0 Å². The van der Waals surface area contributed by atoms with Crippen LogP contribution >= 0.6 is 0 Å². The van der Waals surface area contributed by atoms with Crippen LogP contribution in [-0.4, -0.2) is 45.2 Å². The van der Waals surface area contributed by atoms with E-state index in [1.807, 2.05) is 24.3 Å². The molecule has 5 rings (SSSR count). The summed E-state index contributed by atoms with van der Waals surface area (Å²) in [4.78, 5) is 2.49. The minimum atomic E-state index is -0.0600. The molecule has 7 nitrogen and oxygen atoms in total. The van der Waals surface area contributed by atoms with E-state index in [-0.39, 0.29) is 6.10 Å². The summed E-state index contributed by atoms with van der Waals surface area (Å²) in [5, 5.41) is 14.3. The van der Waals surface area contributed by atoms with Gasteiger partial charge in [0.05, 0.1) is 0 Å². The number of nitrogens with one attached hydrogen (secondary N) is 1. The van der Waals surface area contributed by atoms with Gasteiger partial charge < -0.3 is 9.47 Å². The molecule has 144 valence electrons. The number of hydrogen-bond acceptors (Lipinski definition) is 6. The second-order valence-electron chi connectivity index (χ2n) is 7.44. The monoisotopic (exact) mass is 377 g/mol. The maximum atomic E-state index is 6.10. The van der Waals surface area contributed by atoms with Crippen molar-refractivity contribution in [1.82, 2.24) is 25.5 Å². The Morgan fingerprint density at radius 1 is 1.00 bits per heavy atom. The molecule has 2 aliphatic rings. The van der Waals surface area contributed by atoms with Crippen molar-refractivity contribution in [2.75, 3.05) is 19.7 Å². The van der Waals surface area contributed by atoms with Crippen molar-refractivity contribution in [3.63, 3.8) is 0 Å². The maximum absolute atomic E-state index is 6.10. The van der Waals surface area contributed by atoms with E-state index in [2.05, 4.69) is 49.8 Å². The molecule has 2 aromatic carbocycles. The number of rotatable bonds is 4. The molecule has 3 aromatic rings. The number of fused-ring (bicyclic) bond motifs is 1. The van der Waals surface area contributed by atoms with Crippen molar-refractivity contribution < 1.29 is 9.47 Å². The molecule has 1 atom stereocenters. The summed E-state index contributed by atoms with van der Waals surface area (Å²) in [5.41, 5.74) is 2.47.